The Morgan fingerprint density at radius 1 is 1.16 bits per heavy atom. The topological polar surface area (TPSA) is 171 Å². The molecule has 3 heterocycles. The van der Waals surface area contributed by atoms with Gasteiger partial charge >= 0.3 is 17.6 Å². The van der Waals surface area contributed by atoms with Crippen LogP contribution in [0.5, 0.6) is 5.75 Å². The summed E-state index contributed by atoms with van der Waals surface area (Å²) in [6.45, 7) is 1.34. The van der Waals surface area contributed by atoms with E-state index >= 15 is 4.39 Å². The third-order valence-electron chi connectivity index (χ3n) is 5.61. The maximum atomic E-state index is 17.3. The third kappa shape index (κ3) is 4.74. The predicted molar refractivity (Wildman–Crippen MR) is 124 cm³/mol. The van der Waals surface area contributed by atoms with Gasteiger partial charge in [0.05, 0.1) is 12.0 Å². The molecule has 1 aromatic carbocycles. The zero-order valence-corrected chi connectivity index (χ0v) is 21.1. The molecule has 0 saturated carbocycles. The van der Waals surface area contributed by atoms with Crippen molar-refractivity contribution in [3.05, 3.63) is 59.7 Å². The van der Waals surface area contributed by atoms with Crippen LogP contribution < -0.4 is 10.4 Å². The van der Waals surface area contributed by atoms with E-state index in [0.717, 1.165) is 36.9 Å². The molecule has 0 unspecified atom stereocenters. The lowest BCUT2D eigenvalue weighted by Crippen LogP contribution is -2.52. The molecule has 1 aliphatic heterocycles. The molecule has 38 heavy (non-hydrogen) atoms. The zero-order valence-electron chi connectivity index (χ0n) is 20.3. The summed E-state index contributed by atoms with van der Waals surface area (Å²) in [6, 6.07) is 6.01. The Labute approximate surface area is 214 Å². The number of halogens is 1. The summed E-state index contributed by atoms with van der Waals surface area (Å²) in [7, 11) is -3.72. The number of carbonyl (C=O) groups is 2. The van der Waals surface area contributed by atoms with Crippen LogP contribution in [0.1, 0.15) is 20.1 Å². The lowest BCUT2D eigenvalue weighted by Gasteiger charge is -2.30. The summed E-state index contributed by atoms with van der Waals surface area (Å²) < 4.78 is 67.4. The Kier molecular flexibility index (Phi) is 7.28. The van der Waals surface area contributed by atoms with Gasteiger partial charge in [-0.05, 0) is 30.3 Å². The van der Waals surface area contributed by atoms with Gasteiger partial charge in [0.2, 0.25) is 9.84 Å². The molecule has 0 spiro atoms. The maximum absolute atomic E-state index is 17.3. The highest BCUT2D eigenvalue weighted by Crippen LogP contribution is 2.49. The van der Waals surface area contributed by atoms with E-state index in [9.17, 15) is 22.8 Å². The van der Waals surface area contributed by atoms with Crippen LogP contribution in [0.25, 0.3) is 5.82 Å². The number of benzene rings is 1. The van der Waals surface area contributed by atoms with Gasteiger partial charge in [0.15, 0.2) is 18.1 Å². The first-order valence-corrected chi connectivity index (χ1v) is 12.4. The molecule has 0 aliphatic carbocycles. The molecule has 0 amide bonds. The number of aromatic nitrogens is 5. The summed E-state index contributed by atoms with van der Waals surface area (Å²) in [5, 5.41) is 0.280. The van der Waals surface area contributed by atoms with Crippen LogP contribution in [-0.4, -0.2) is 75.6 Å². The monoisotopic (exact) mass is 551 g/mol. The number of methoxy groups -OCH3 is 1. The normalized spacial score (nSPS) is 23.1. The van der Waals surface area contributed by atoms with Crippen molar-refractivity contribution in [2.75, 3.05) is 13.7 Å². The first kappa shape index (κ1) is 26.9. The van der Waals surface area contributed by atoms with Crippen LogP contribution in [0, 0.1) is 0 Å². The predicted octanol–water partition coefficient (Wildman–Crippen LogP) is 0.364. The lowest BCUT2D eigenvalue weighted by atomic mass is 10.1. The van der Waals surface area contributed by atoms with Crippen molar-refractivity contribution in [3.63, 3.8) is 0 Å². The van der Waals surface area contributed by atoms with Gasteiger partial charge in [-0.1, -0.05) is 0 Å². The van der Waals surface area contributed by atoms with Gasteiger partial charge < -0.3 is 18.9 Å². The van der Waals surface area contributed by atoms with Crippen molar-refractivity contribution in [2.45, 2.75) is 42.2 Å². The molecular formula is C22H22FN5O9S. The molecular weight excluding hydrogens is 529 g/mol. The average Bonchev–Trinajstić information content (AvgIpc) is 3.51. The van der Waals surface area contributed by atoms with Gasteiger partial charge in [-0.2, -0.15) is 10.1 Å². The summed E-state index contributed by atoms with van der Waals surface area (Å²) in [6.07, 6.45) is -2.44. The number of carbonyl (C=O) groups excluding carboxylic acids is 2. The highest BCUT2D eigenvalue weighted by atomic mass is 32.2. The van der Waals surface area contributed by atoms with Crippen LogP contribution >= 0.6 is 0 Å². The van der Waals surface area contributed by atoms with Crippen molar-refractivity contribution >= 4 is 21.8 Å². The smallest absolute Gasteiger partial charge is 0.351 e. The maximum Gasteiger partial charge on any atom is 0.351 e. The van der Waals surface area contributed by atoms with Crippen molar-refractivity contribution in [1.82, 2.24) is 24.3 Å². The SMILES string of the molecule is COc1ccc(S(=O)(=O)[C@@]2(F)[C@H](OC(C)=O)[C@@H](COC(C)=O)O[C@H]2n2ccc(-n3cncn3)nc2=O)cc1. The molecule has 0 N–H and O–H groups in total. The first-order valence-electron chi connectivity index (χ1n) is 11.0. The van der Waals surface area contributed by atoms with E-state index in [0.29, 0.717) is 10.3 Å². The summed E-state index contributed by atoms with van der Waals surface area (Å²) in [4.78, 5) is 43.4. The molecule has 1 fully saturated rings. The molecule has 4 rings (SSSR count). The molecule has 1 aliphatic rings. The number of esters is 2. The molecule has 3 aromatic rings. The van der Waals surface area contributed by atoms with Crippen molar-refractivity contribution in [2.24, 2.45) is 0 Å². The van der Waals surface area contributed by atoms with E-state index in [2.05, 4.69) is 15.1 Å². The number of sulfone groups is 1. The fraction of sp³-hybridized carbons (Fsp3) is 0.364. The zero-order chi connectivity index (χ0) is 27.7. The Hall–Kier alpha value is -4.18. The number of alkyl halides is 1. The minimum atomic E-state index is -5.08. The van der Waals surface area contributed by atoms with E-state index in [4.69, 9.17) is 18.9 Å². The van der Waals surface area contributed by atoms with E-state index in [1.807, 2.05) is 0 Å². The summed E-state index contributed by atoms with van der Waals surface area (Å²) >= 11 is 0. The molecule has 202 valence electrons. The third-order valence-corrected chi connectivity index (χ3v) is 7.76. The number of rotatable bonds is 8. The van der Waals surface area contributed by atoms with Crippen LogP contribution in [0.4, 0.5) is 4.39 Å². The average molecular weight is 552 g/mol. The summed E-state index contributed by atoms with van der Waals surface area (Å²) in [5.41, 5.74) is -1.11. The highest BCUT2D eigenvalue weighted by molar-refractivity contribution is 7.92. The summed E-state index contributed by atoms with van der Waals surface area (Å²) in [5.74, 6) is -1.51. The van der Waals surface area contributed by atoms with E-state index < -0.39 is 62.4 Å². The second kappa shape index (κ2) is 10.3. The van der Waals surface area contributed by atoms with Gasteiger partial charge in [-0.25, -0.2) is 27.3 Å². The Bertz CT molecular complexity index is 1490. The molecule has 0 radical (unpaired) electrons. The van der Waals surface area contributed by atoms with Crippen LogP contribution in [0.2, 0.25) is 0 Å². The number of hydrogen-bond donors (Lipinski definition) is 0. The van der Waals surface area contributed by atoms with E-state index in [1.165, 1.54) is 38.0 Å². The van der Waals surface area contributed by atoms with Crippen LogP contribution in [-0.2, 0) is 33.6 Å². The van der Waals surface area contributed by atoms with Crippen molar-refractivity contribution in [1.29, 1.82) is 0 Å². The molecule has 4 atom stereocenters. The van der Waals surface area contributed by atoms with Gasteiger partial charge in [0.25, 0.3) is 5.00 Å². The van der Waals surface area contributed by atoms with Gasteiger partial charge in [0, 0.05) is 20.0 Å². The standard InChI is InChI=1S/C22H22FN5O9S/c1-13(29)35-10-17-19(36-14(2)30)22(23,38(32,33)16-6-4-15(34-3)5-7-16)20(37-17)27-9-8-18(26-21(27)31)28-12-24-11-25-28/h4-9,11-12,17,19-20H,10H2,1-3H3/t17-,19-,20-,22+/m1/s1. The second-order valence-electron chi connectivity index (χ2n) is 8.05. The number of hydrogen-bond acceptors (Lipinski definition) is 12. The number of ether oxygens (including phenoxy) is 4. The first-order chi connectivity index (χ1) is 18.0. The Morgan fingerprint density at radius 3 is 2.42 bits per heavy atom. The van der Waals surface area contributed by atoms with E-state index in [-0.39, 0.29) is 5.82 Å². The van der Waals surface area contributed by atoms with Crippen molar-refractivity contribution < 1.29 is 41.3 Å². The van der Waals surface area contributed by atoms with Crippen molar-refractivity contribution in [3.8, 4) is 11.6 Å². The minimum absolute atomic E-state index is 0.0113. The Morgan fingerprint density at radius 2 is 1.87 bits per heavy atom. The molecule has 2 aromatic heterocycles. The molecule has 14 nitrogen and oxygen atoms in total. The van der Waals surface area contributed by atoms with Gasteiger partial charge in [0.1, 0.15) is 31.1 Å². The van der Waals surface area contributed by atoms with Gasteiger partial charge in [-0.15, -0.1) is 0 Å². The number of nitrogens with zero attached hydrogens (tertiary/aromatic N) is 5. The van der Waals surface area contributed by atoms with Crippen LogP contribution in [0.15, 0.2) is 58.9 Å². The van der Waals surface area contributed by atoms with Crippen LogP contribution in [0.3, 0.4) is 0 Å². The Balaban J connectivity index is 1.88. The highest BCUT2D eigenvalue weighted by Gasteiger charge is 2.69. The van der Waals surface area contributed by atoms with E-state index in [1.54, 1.807) is 0 Å². The second-order valence-corrected chi connectivity index (χ2v) is 10.2. The quantitative estimate of drug-likeness (QED) is 0.353. The fourth-order valence-corrected chi connectivity index (χ4v) is 5.69. The largest absolute Gasteiger partial charge is 0.497 e. The lowest BCUT2D eigenvalue weighted by molar-refractivity contribution is -0.157. The molecule has 16 heteroatoms. The van der Waals surface area contributed by atoms with Gasteiger partial charge in [-0.3, -0.25) is 14.2 Å². The molecule has 0 bridgehead atoms. The molecule has 1 saturated heterocycles. The fourth-order valence-electron chi connectivity index (χ4n) is 3.90. The minimum Gasteiger partial charge on any atom is -0.497 e.